The van der Waals surface area contributed by atoms with Gasteiger partial charge in [0.05, 0.1) is 34.2 Å². The Morgan fingerprint density at radius 3 is 0.851 bits per heavy atom. The zero-order valence-electron chi connectivity index (χ0n) is 47.6. The molecular weight excluding hydrogens is 1050 g/mol. The summed E-state index contributed by atoms with van der Waals surface area (Å²) in [6.07, 6.45) is 0. The van der Waals surface area contributed by atoms with E-state index >= 15 is 0 Å². The van der Waals surface area contributed by atoms with Crippen molar-refractivity contribution in [3.8, 4) is 118 Å². The van der Waals surface area contributed by atoms with Crippen molar-refractivity contribution in [3.05, 3.63) is 340 Å². The molecule has 3 heterocycles. The molecule has 13 aromatic carbocycles. The maximum Gasteiger partial charge on any atom is 0.145 e. The topological polar surface area (TPSA) is 27.7 Å². The van der Waals surface area contributed by atoms with E-state index in [9.17, 15) is 0 Å². The summed E-state index contributed by atoms with van der Waals surface area (Å²) in [6, 6.07) is 123. The standard InChI is InChI=1S/C83H56N4/c1-9-29-57(30-10-1)73-74(58-31-11-2-12-32-58)79(85(66-39-19-6-20-40-66)78(73)60-35-15-4-16-36-60)62-49-51-64(52-50-62)82-77(59-33-13-3-14-34-59)84-83(87(82)68-43-23-8-24-44-68)65-55-53-63(54-56-65)81-76-72-48-28-26-46-70(72)69-45-25-27-47-71(69)75(76)80(61-37-17-5-18-38-61)86(81)67-41-21-7-22-42-67/h1-56H. The fourth-order valence-corrected chi connectivity index (χ4v) is 13.3. The van der Waals surface area contributed by atoms with Gasteiger partial charge in [0.25, 0.3) is 0 Å². The Kier molecular flexibility index (Phi) is 12.8. The van der Waals surface area contributed by atoms with Crippen molar-refractivity contribution < 1.29 is 0 Å². The van der Waals surface area contributed by atoms with E-state index in [4.69, 9.17) is 4.98 Å². The van der Waals surface area contributed by atoms with Crippen molar-refractivity contribution >= 4 is 32.3 Å². The Morgan fingerprint density at radius 1 is 0.184 bits per heavy atom. The molecule has 0 bridgehead atoms. The number of benzene rings is 13. The molecule has 16 rings (SSSR count). The lowest BCUT2D eigenvalue weighted by atomic mass is 9.91. The minimum absolute atomic E-state index is 0.847. The van der Waals surface area contributed by atoms with Gasteiger partial charge in [-0.25, -0.2) is 4.98 Å². The number of fused-ring (bicyclic) bond motifs is 6. The molecule has 0 spiro atoms. The number of imidazole rings is 1. The molecule has 0 aliphatic rings. The van der Waals surface area contributed by atoms with Crippen LogP contribution >= 0.6 is 0 Å². The first kappa shape index (κ1) is 51.1. The van der Waals surface area contributed by atoms with Gasteiger partial charge in [0.15, 0.2) is 0 Å². The van der Waals surface area contributed by atoms with Gasteiger partial charge in [-0.3, -0.25) is 4.57 Å². The summed E-state index contributed by atoms with van der Waals surface area (Å²) >= 11 is 0. The highest BCUT2D eigenvalue weighted by atomic mass is 15.1. The van der Waals surface area contributed by atoms with Crippen LogP contribution in [0.25, 0.3) is 151 Å². The summed E-state index contributed by atoms with van der Waals surface area (Å²) in [5.74, 6) is 0.847. The van der Waals surface area contributed by atoms with Crippen molar-refractivity contribution in [1.82, 2.24) is 18.7 Å². The van der Waals surface area contributed by atoms with Crippen LogP contribution in [0.1, 0.15) is 0 Å². The molecule has 0 N–H and O–H groups in total. The monoisotopic (exact) mass is 1110 g/mol. The molecule has 87 heavy (non-hydrogen) atoms. The van der Waals surface area contributed by atoms with Crippen LogP contribution in [0, 0.1) is 0 Å². The van der Waals surface area contributed by atoms with Crippen LogP contribution in [0.4, 0.5) is 0 Å². The molecule has 0 unspecified atom stereocenters. The summed E-state index contributed by atoms with van der Waals surface area (Å²) in [7, 11) is 0. The largest absolute Gasteiger partial charge is 0.308 e. The zero-order valence-corrected chi connectivity index (χ0v) is 47.6. The van der Waals surface area contributed by atoms with Crippen LogP contribution in [0.15, 0.2) is 340 Å². The van der Waals surface area contributed by atoms with E-state index in [-0.39, 0.29) is 0 Å². The van der Waals surface area contributed by atoms with E-state index in [2.05, 4.69) is 353 Å². The van der Waals surface area contributed by atoms with Gasteiger partial charge in [-0.15, -0.1) is 0 Å². The SMILES string of the molecule is c1ccc(-c2nc(-c3ccc(-c4c5c6ccccc6c6ccccc6c5c(-c5ccccc5)n4-c4ccccc4)cc3)n(-c3ccccc3)c2-c2ccc(-c3c(-c4ccccc4)c(-c4ccccc4)c(-c4ccccc4)n3-c3ccccc3)cc2)cc1. The van der Waals surface area contributed by atoms with Crippen molar-refractivity contribution in [3.63, 3.8) is 0 Å². The minimum Gasteiger partial charge on any atom is -0.308 e. The molecule has 0 saturated carbocycles. The molecule has 4 heteroatoms. The summed E-state index contributed by atoms with van der Waals surface area (Å²) in [5.41, 5.74) is 21.9. The lowest BCUT2D eigenvalue weighted by Gasteiger charge is -2.17. The van der Waals surface area contributed by atoms with Gasteiger partial charge >= 0.3 is 0 Å². The molecular formula is C83H56N4. The molecule has 0 radical (unpaired) electrons. The van der Waals surface area contributed by atoms with Crippen molar-refractivity contribution in [2.75, 3.05) is 0 Å². The van der Waals surface area contributed by atoms with Crippen molar-refractivity contribution in [2.45, 2.75) is 0 Å². The second-order valence-corrected chi connectivity index (χ2v) is 22.1. The Labute approximate surface area is 506 Å². The molecule has 16 aromatic rings. The second-order valence-electron chi connectivity index (χ2n) is 22.1. The van der Waals surface area contributed by atoms with E-state index in [1.807, 2.05) is 0 Å². The van der Waals surface area contributed by atoms with Crippen LogP contribution in [0.3, 0.4) is 0 Å². The van der Waals surface area contributed by atoms with E-state index < -0.39 is 0 Å². The van der Waals surface area contributed by atoms with Crippen LogP contribution in [-0.4, -0.2) is 18.7 Å². The molecule has 3 aromatic heterocycles. The van der Waals surface area contributed by atoms with Crippen LogP contribution in [-0.2, 0) is 0 Å². The molecule has 0 aliphatic heterocycles. The summed E-state index contributed by atoms with van der Waals surface area (Å²) < 4.78 is 7.34. The summed E-state index contributed by atoms with van der Waals surface area (Å²) in [4.78, 5) is 5.76. The summed E-state index contributed by atoms with van der Waals surface area (Å²) in [6.45, 7) is 0. The Bertz CT molecular complexity index is 5010. The summed E-state index contributed by atoms with van der Waals surface area (Å²) in [5, 5.41) is 7.38. The van der Waals surface area contributed by atoms with Gasteiger partial charge in [0.1, 0.15) is 5.82 Å². The fourth-order valence-electron chi connectivity index (χ4n) is 13.3. The van der Waals surface area contributed by atoms with E-state index in [1.54, 1.807) is 0 Å². The van der Waals surface area contributed by atoms with Crippen molar-refractivity contribution in [2.24, 2.45) is 0 Å². The number of hydrogen-bond donors (Lipinski definition) is 0. The molecule has 0 fully saturated rings. The quantitative estimate of drug-likeness (QED) is 0.112. The molecule has 0 amide bonds. The fraction of sp³-hybridized carbons (Fsp3) is 0. The number of hydrogen-bond acceptors (Lipinski definition) is 1. The van der Waals surface area contributed by atoms with Gasteiger partial charge in [-0.2, -0.15) is 0 Å². The normalized spacial score (nSPS) is 11.4. The third-order valence-corrected chi connectivity index (χ3v) is 17.1. The van der Waals surface area contributed by atoms with Crippen molar-refractivity contribution in [1.29, 1.82) is 0 Å². The van der Waals surface area contributed by atoms with Gasteiger partial charge < -0.3 is 9.13 Å². The zero-order chi connectivity index (χ0) is 57.6. The van der Waals surface area contributed by atoms with Gasteiger partial charge in [0, 0.05) is 55.7 Å². The number of rotatable bonds is 12. The number of para-hydroxylation sites is 3. The first-order valence-corrected chi connectivity index (χ1v) is 29.8. The third kappa shape index (κ3) is 8.81. The lowest BCUT2D eigenvalue weighted by Crippen LogP contribution is -2.02. The highest BCUT2D eigenvalue weighted by Crippen LogP contribution is 2.52. The predicted molar refractivity (Wildman–Crippen MR) is 364 cm³/mol. The Morgan fingerprint density at radius 2 is 0.448 bits per heavy atom. The maximum absolute atomic E-state index is 5.76. The average Bonchev–Trinajstić information content (AvgIpc) is 1.70. The highest BCUT2D eigenvalue weighted by Gasteiger charge is 2.30. The average molecular weight is 1110 g/mol. The van der Waals surface area contributed by atoms with E-state index in [0.717, 1.165) is 101 Å². The van der Waals surface area contributed by atoms with Gasteiger partial charge in [-0.1, -0.05) is 303 Å². The van der Waals surface area contributed by atoms with E-state index in [0.29, 0.717) is 0 Å². The second kappa shape index (κ2) is 21.9. The highest BCUT2D eigenvalue weighted by molar-refractivity contribution is 6.32. The first-order valence-electron chi connectivity index (χ1n) is 29.8. The Hall–Kier alpha value is -11.6. The van der Waals surface area contributed by atoms with E-state index in [1.165, 1.54) is 49.1 Å². The minimum atomic E-state index is 0.847. The Balaban J connectivity index is 0.923. The molecule has 0 aliphatic carbocycles. The number of nitrogens with zero attached hydrogens (tertiary/aromatic N) is 4. The molecule has 0 saturated heterocycles. The van der Waals surface area contributed by atoms with Gasteiger partial charge in [0.2, 0.25) is 0 Å². The van der Waals surface area contributed by atoms with Gasteiger partial charge in [-0.05, 0) is 91.3 Å². The maximum atomic E-state index is 5.76. The van der Waals surface area contributed by atoms with Crippen LogP contribution in [0.2, 0.25) is 0 Å². The predicted octanol–water partition coefficient (Wildman–Crippen LogP) is 21.9. The molecule has 4 nitrogen and oxygen atoms in total. The van der Waals surface area contributed by atoms with Crippen LogP contribution in [0.5, 0.6) is 0 Å². The smallest absolute Gasteiger partial charge is 0.145 e. The third-order valence-electron chi connectivity index (χ3n) is 17.1. The first-order chi connectivity index (χ1) is 43.2. The molecule has 0 atom stereocenters. The lowest BCUT2D eigenvalue weighted by molar-refractivity contribution is 1.07. The van der Waals surface area contributed by atoms with Crippen LogP contribution < -0.4 is 0 Å². The number of aromatic nitrogens is 4. The molecule has 408 valence electrons.